The molecule has 3 aromatic rings. The highest BCUT2D eigenvalue weighted by Crippen LogP contribution is 2.34. The van der Waals surface area contributed by atoms with Crippen molar-refractivity contribution < 1.29 is 0 Å². The number of rotatable bonds is 4. The van der Waals surface area contributed by atoms with Crippen molar-refractivity contribution in [2.24, 2.45) is 0 Å². The quantitative estimate of drug-likeness (QED) is 0.781. The summed E-state index contributed by atoms with van der Waals surface area (Å²) in [4.78, 5) is 14.5. The van der Waals surface area contributed by atoms with E-state index in [9.17, 15) is 0 Å². The van der Waals surface area contributed by atoms with E-state index in [0.717, 1.165) is 23.2 Å². The zero-order valence-electron chi connectivity index (χ0n) is 14.5. The monoisotopic (exact) mass is 353 g/mol. The molecule has 0 amide bonds. The van der Waals surface area contributed by atoms with Crippen LogP contribution in [0.15, 0.2) is 36.7 Å². The van der Waals surface area contributed by atoms with E-state index in [2.05, 4.69) is 57.1 Å². The number of hydrogen-bond acceptors (Lipinski definition) is 6. The number of anilines is 1. The van der Waals surface area contributed by atoms with Crippen LogP contribution < -0.4 is 5.73 Å². The predicted molar refractivity (Wildman–Crippen MR) is 105 cm³/mol. The van der Waals surface area contributed by atoms with Gasteiger partial charge in [0.1, 0.15) is 12.1 Å². The van der Waals surface area contributed by atoms with Crippen LogP contribution in [0.25, 0.3) is 20.7 Å². The average Bonchev–Trinajstić information content (AvgIpc) is 3.07. The van der Waals surface area contributed by atoms with Crippen LogP contribution in [0, 0.1) is 0 Å². The number of hydrogen-bond donors (Lipinski definition) is 1. The Morgan fingerprint density at radius 1 is 1.08 bits per heavy atom. The SMILES string of the molecule is CN1CCN(CCc2ccc(-c3cc4ncnc(N)c4s3)cc2)CC1. The number of nitrogens with two attached hydrogens (primary N) is 1. The number of thiophene rings is 1. The summed E-state index contributed by atoms with van der Waals surface area (Å²) in [7, 11) is 2.20. The fourth-order valence-corrected chi connectivity index (χ4v) is 4.23. The van der Waals surface area contributed by atoms with E-state index < -0.39 is 0 Å². The van der Waals surface area contributed by atoms with Crippen LogP contribution in [0.3, 0.4) is 0 Å². The maximum Gasteiger partial charge on any atom is 0.144 e. The molecule has 1 aliphatic rings. The highest BCUT2D eigenvalue weighted by molar-refractivity contribution is 7.22. The first-order valence-corrected chi connectivity index (χ1v) is 9.51. The van der Waals surface area contributed by atoms with Crippen molar-refractivity contribution in [2.75, 3.05) is 45.5 Å². The second kappa shape index (κ2) is 7.07. The molecule has 5 nitrogen and oxygen atoms in total. The summed E-state index contributed by atoms with van der Waals surface area (Å²) in [6.07, 6.45) is 2.63. The number of likely N-dealkylation sites (N-methyl/N-ethyl adjacent to an activating group) is 1. The fourth-order valence-electron chi connectivity index (χ4n) is 3.21. The van der Waals surface area contributed by atoms with E-state index in [-0.39, 0.29) is 0 Å². The molecule has 0 bridgehead atoms. The smallest absolute Gasteiger partial charge is 0.144 e. The van der Waals surface area contributed by atoms with E-state index in [0.29, 0.717) is 5.82 Å². The van der Waals surface area contributed by atoms with Gasteiger partial charge < -0.3 is 15.5 Å². The number of benzene rings is 1. The lowest BCUT2D eigenvalue weighted by atomic mass is 10.1. The Balaban J connectivity index is 1.43. The summed E-state index contributed by atoms with van der Waals surface area (Å²) in [5.41, 5.74) is 9.47. The van der Waals surface area contributed by atoms with E-state index in [1.54, 1.807) is 11.3 Å². The molecule has 0 unspecified atom stereocenters. The van der Waals surface area contributed by atoms with Crippen molar-refractivity contribution >= 4 is 27.4 Å². The van der Waals surface area contributed by atoms with Crippen LogP contribution in [0.5, 0.6) is 0 Å². The summed E-state index contributed by atoms with van der Waals surface area (Å²) in [6.45, 7) is 5.85. The maximum atomic E-state index is 5.94. The summed E-state index contributed by atoms with van der Waals surface area (Å²) >= 11 is 1.66. The van der Waals surface area contributed by atoms with Crippen molar-refractivity contribution in [1.29, 1.82) is 0 Å². The Morgan fingerprint density at radius 2 is 1.84 bits per heavy atom. The van der Waals surface area contributed by atoms with Crippen molar-refractivity contribution in [2.45, 2.75) is 6.42 Å². The van der Waals surface area contributed by atoms with Crippen LogP contribution in [0.1, 0.15) is 5.56 Å². The van der Waals surface area contributed by atoms with E-state index in [4.69, 9.17) is 5.73 Å². The van der Waals surface area contributed by atoms with Gasteiger partial charge in [0.05, 0.1) is 10.2 Å². The van der Waals surface area contributed by atoms with Crippen LogP contribution >= 0.6 is 11.3 Å². The minimum absolute atomic E-state index is 0.560. The first kappa shape index (κ1) is 16.4. The van der Waals surface area contributed by atoms with E-state index in [1.807, 2.05) is 0 Å². The minimum atomic E-state index is 0.560. The molecule has 3 heterocycles. The molecule has 1 aliphatic heterocycles. The second-order valence-corrected chi connectivity index (χ2v) is 7.73. The summed E-state index contributed by atoms with van der Waals surface area (Å²) in [5.74, 6) is 0.560. The molecule has 0 aliphatic carbocycles. The normalized spacial score (nSPS) is 16.5. The third kappa shape index (κ3) is 3.66. The number of aromatic nitrogens is 2. The van der Waals surface area contributed by atoms with Crippen LogP contribution in [-0.4, -0.2) is 59.5 Å². The highest BCUT2D eigenvalue weighted by Gasteiger charge is 2.13. The van der Waals surface area contributed by atoms with Gasteiger partial charge in [-0.3, -0.25) is 0 Å². The van der Waals surface area contributed by atoms with Gasteiger partial charge in [-0.2, -0.15) is 0 Å². The van der Waals surface area contributed by atoms with Gasteiger partial charge in [0.15, 0.2) is 0 Å². The van der Waals surface area contributed by atoms with Gasteiger partial charge in [-0.05, 0) is 30.7 Å². The largest absolute Gasteiger partial charge is 0.382 e. The Labute approximate surface area is 152 Å². The van der Waals surface area contributed by atoms with Gasteiger partial charge in [-0.15, -0.1) is 11.3 Å². The lowest BCUT2D eigenvalue weighted by Gasteiger charge is -2.32. The zero-order chi connectivity index (χ0) is 17.2. The third-order valence-corrected chi connectivity index (χ3v) is 6.09. The van der Waals surface area contributed by atoms with Gasteiger partial charge in [-0.25, -0.2) is 9.97 Å². The van der Waals surface area contributed by atoms with Gasteiger partial charge in [0.2, 0.25) is 0 Å². The van der Waals surface area contributed by atoms with Crippen molar-refractivity contribution in [1.82, 2.24) is 19.8 Å². The first-order chi connectivity index (χ1) is 12.2. The first-order valence-electron chi connectivity index (χ1n) is 8.69. The Kier molecular flexibility index (Phi) is 4.65. The van der Waals surface area contributed by atoms with Crippen molar-refractivity contribution in [3.63, 3.8) is 0 Å². The summed E-state index contributed by atoms with van der Waals surface area (Å²) in [6, 6.07) is 11.0. The molecule has 1 fully saturated rings. The highest BCUT2D eigenvalue weighted by atomic mass is 32.1. The van der Waals surface area contributed by atoms with Gasteiger partial charge in [0, 0.05) is 37.6 Å². The standard InChI is InChI=1S/C19H23N5S/c1-23-8-10-24(11-9-23)7-6-14-2-4-15(5-3-14)17-12-16-18(25-17)19(20)22-13-21-16/h2-5,12-13H,6-11H2,1H3,(H2,20,21,22). The molecular weight excluding hydrogens is 330 g/mol. The molecular formula is C19H23N5S. The predicted octanol–water partition coefficient (Wildman–Crippen LogP) is 2.73. The lowest BCUT2D eigenvalue weighted by molar-refractivity contribution is 0.155. The van der Waals surface area contributed by atoms with Gasteiger partial charge in [-0.1, -0.05) is 24.3 Å². The molecule has 0 radical (unpaired) electrons. The maximum absolute atomic E-state index is 5.94. The van der Waals surface area contributed by atoms with Crippen molar-refractivity contribution in [3.8, 4) is 10.4 Å². The summed E-state index contributed by atoms with van der Waals surface area (Å²) < 4.78 is 0.969. The Morgan fingerprint density at radius 3 is 2.56 bits per heavy atom. The molecule has 0 saturated carbocycles. The molecule has 130 valence electrons. The molecule has 0 spiro atoms. The fraction of sp³-hybridized carbons (Fsp3) is 0.368. The third-order valence-electron chi connectivity index (χ3n) is 4.89. The number of piperazine rings is 1. The molecule has 1 saturated heterocycles. The number of nitrogens with zero attached hydrogens (tertiary/aromatic N) is 4. The van der Waals surface area contributed by atoms with Gasteiger partial charge >= 0.3 is 0 Å². The number of nitrogen functional groups attached to an aromatic ring is 1. The number of fused-ring (bicyclic) bond motifs is 1. The molecule has 1 aromatic carbocycles. The average molecular weight is 353 g/mol. The zero-order valence-corrected chi connectivity index (χ0v) is 15.3. The Bertz CT molecular complexity index is 850. The minimum Gasteiger partial charge on any atom is -0.382 e. The van der Waals surface area contributed by atoms with Gasteiger partial charge in [0.25, 0.3) is 0 Å². The van der Waals surface area contributed by atoms with Crippen LogP contribution in [0.2, 0.25) is 0 Å². The topological polar surface area (TPSA) is 58.3 Å². The molecule has 2 aromatic heterocycles. The van der Waals surface area contributed by atoms with E-state index >= 15 is 0 Å². The molecule has 2 N–H and O–H groups in total. The van der Waals surface area contributed by atoms with Crippen molar-refractivity contribution in [3.05, 3.63) is 42.2 Å². The Hall–Kier alpha value is -2.02. The molecule has 25 heavy (non-hydrogen) atoms. The lowest BCUT2D eigenvalue weighted by Crippen LogP contribution is -2.45. The van der Waals surface area contributed by atoms with Crippen LogP contribution in [-0.2, 0) is 6.42 Å². The summed E-state index contributed by atoms with van der Waals surface area (Å²) in [5, 5.41) is 0. The molecule has 6 heteroatoms. The molecule has 0 atom stereocenters. The second-order valence-electron chi connectivity index (χ2n) is 6.68. The van der Waals surface area contributed by atoms with E-state index in [1.165, 1.54) is 48.5 Å². The molecule has 4 rings (SSSR count). The van der Waals surface area contributed by atoms with Crippen LogP contribution in [0.4, 0.5) is 5.82 Å².